The minimum Gasteiger partial charge on any atom is -0.497 e. The van der Waals surface area contributed by atoms with E-state index in [1.54, 1.807) is 7.11 Å². The molecule has 170 valence electrons. The molecule has 0 bridgehead atoms. The predicted molar refractivity (Wildman–Crippen MR) is 129 cm³/mol. The van der Waals surface area contributed by atoms with Crippen molar-refractivity contribution in [3.8, 4) is 5.75 Å². The number of fused-ring (bicyclic) bond motifs is 1. The molecule has 1 aliphatic heterocycles. The first-order valence-electron chi connectivity index (χ1n) is 11.5. The van der Waals surface area contributed by atoms with Crippen molar-refractivity contribution >= 4 is 11.6 Å². The van der Waals surface area contributed by atoms with Crippen molar-refractivity contribution in [2.75, 3.05) is 40.3 Å². The Balaban J connectivity index is 1.34. The lowest BCUT2D eigenvalue weighted by Crippen LogP contribution is -2.44. The fourth-order valence-corrected chi connectivity index (χ4v) is 4.34. The molecule has 1 aromatic carbocycles. The van der Waals surface area contributed by atoms with Gasteiger partial charge in [0.15, 0.2) is 5.96 Å². The Labute approximate surface area is 190 Å². The summed E-state index contributed by atoms with van der Waals surface area (Å²) in [5.74, 6) is 1.72. The minimum atomic E-state index is 0.304. The zero-order valence-corrected chi connectivity index (χ0v) is 19.1. The second-order valence-electron chi connectivity index (χ2n) is 8.21. The number of ether oxygens (including phenoxy) is 1. The summed E-state index contributed by atoms with van der Waals surface area (Å²) in [6.45, 7) is 3.86. The number of imidazole rings is 1. The van der Waals surface area contributed by atoms with Crippen molar-refractivity contribution in [2.24, 2.45) is 4.99 Å². The highest BCUT2D eigenvalue weighted by atomic mass is 16.5. The van der Waals surface area contributed by atoms with E-state index in [1.165, 1.54) is 24.8 Å². The van der Waals surface area contributed by atoms with Crippen LogP contribution in [0, 0.1) is 0 Å². The SMILES string of the molecule is CN=C(NCCc1cn2ccccc2n1)NCC(c1ccc(OC)cc1)N1CCCCC1. The lowest BCUT2D eigenvalue weighted by molar-refractivity contribution is 0.164. The number of rotatable bonds is 8. The van der Waals surface area contributed by atoms with Gasteiger partial charge in [0.1, 0.15) is 11.4 Å². The van der Waals surface area contributed by atoms with Gasteiger partial charge in [-0.2, -0.15) is 0 Å². The highest BCUT2D eigenvalue weighted by Gasteiger charge is 2.22. The van der Waals surface area contributed by atoms with Crippen LogP contribution in [0.15, 0.2) is 59.9 Å². The Morgan fingerprint density at radius 3 is 2.62 bits per heavy atom. The van der Waals surface area contributed by atoms with Gasteiger partial charge in [0.05, 0.1) is 18.8 Å². The third-order valence-electron chi connectivity index (χ3n) is 6.11. The van der Waals surface area contributed by atoms with Crippen LogP contribution in [0.1, 0.15) is 36.6 Å². The third-order valence-corrected chi connectivity index (χ3v) is 6.11. The van der Waals surface area contributed by atoms with Gasteiger partial charge in [0.2, 0.25) is 0 Å². The van der Waals surface area contributed by atoms with Crippen LogP contribution < -0.4 is 15.4 Å². The lowest BCUT2D eigenvalue weighted by Gasteiger charge is -2.35. The van der Waals surface area contributed by atoms with E-state index < -0.39 is 0 Å². The monoisotopic (exact) mass is 434 g/mol. The lowest BCUT2D eigenvalue weighted by atomic mass is 10.0. The summed E-state index contributed by atoms with van der Waals surface area (Å²) in [5.41, 5.74) is 3.36. The number of hydrogen-bond acceptors (Lipinski definition) is 4. The van der Waals surface area contributed by atoms with E-state index in [0.29, 0.717) is 6.04 Å². The first kappa shape index (κ1) is 22.1. The molecule has 1 atom stereocenters. The number of piperidine rings is 1. The maximum Gasteiger partial charge on any atom is 0.191 e. The number of methoxy groups -OCH3 is 1. The predicted octanol–water partition coefficient (Wildman–Crippen LogP) is 3.28. The van der Waals surface area contributed by atoms with E-state index in [1.807, 2.05) is 43.6 Å². The summed E-state index contributed by atoms with van der Waals surface area (Å²) in [7, 11) is 3.53. The maximum atomic E-state index is 5.35. The topological polar surface area (TPSA) is 66.2 Å². The van der Waals surface area contributed by atoms with Gasteiger partial charge >= 0.3 is 0 Å². The molecule has 32 heavy (non-hydrogen) atoms. The van der Waals surface area contributed by atoms with Crippen molar-refractivity contribution in [3.63, 3.8) is 0 Å². The molecule has 1 fully saturated rings. The summed E-state index contributed by atoms with van der Waals surface area (Å²) in [6, 6.07) is 14.8. The number of nitrogens with zero attached hydrogens (tertiary/aromatic N) is 4. The quantitative estimate of drug-likeness (QED) is 0.421. The molecular formula is C25H34N6O. The second-order valence-corrected chi connectivity index (χ2v) is 8.21. The van der Waals surface area contributed by atoms with Crippen molar-refractivity contribution in [2.45, 2.75) is 31.7 Å². The Bertz CT molecular complexity index is 974. The molecule has 1 unspecified atom stereocenters. The molecule has 2 aromatic heterocycles. The molecule has 3 aromatic rings. The van der Waals surface area contributed by atoms with Crippen LogP contribution in [0.3, 0.4) is 0 Å². The van der Waals surface area contributed by atoms with Crippen molar-refractivity contribution in [3.05, 3.63) is 66.1 Å². The van der Waals surface area contributed by atoms with Crippen LogP contribution in [-0.2, 0) is 6.42 Å². The summed E-state index contributed by atoms with van der Waals surface area (Å²) in [6.07, 6.45) is 8.81. The van der Waals surface area contributed by atoms with E-state index in [-0.39, 0.29) is 0 Å². The van der Waals surface area contributed by atoms with Gasteiger partial charge in [0, 0.05) is 39.0 Å². The first-order chi connectivity index (χ1) is 15.8. The molecule has 7 heteroatoms. The molecule has 0 aliphatic carbocycles. The number of nitrogens with one attached hydrogen (secondary N) is 2. The molecule has 1 aliphatic rings. The molecular weight excluding hydrogens is 400 g/mol. The van der Waals surface area contributed by atoms with Crippen LogP contribution >= 0.6 is 0 Å². The average Bonchev–Trinajstić information content (AvgIpc) is 3.27. The van der Waals surface area contributed by atoms with Crippen LogP contribution in [0.2, 0.25) is 0 Å². The Morgan fingerprint density at radius 1 is 1.09 bits per heavy atom. The number of aromatic nitrogens is 2. The molecule has 3 heterocycles. The zero-order chi connectivity index (χ0) is 22.2. The molecule has 0 spiro atoms. The van der Waals surface area contributed by atoms with E-state index in [9.17, 15) is 0 Å². The van der Waals surface area contributed by atoms with Gasteiger partial charge in [0.25, 0.3) is 0 Å². The molecule has 7 nitrogen and oxygen atoms in total. The van der Waals surface area contributed by atoms with E-state index >= 15 is 0 Å². The van der Waals surface area contributed by atoms with Crippen LogP contribution in [0.4, 0.5) is 0 Å². The number of benzene rings is 1. The van der Waals surface area contributed by atoms with Gasteiger partial charge in [-0.25, -0.2) is 4.98 Å². The first-order valence-corrected chi connectivity index (χ1v) is 11.5. The number of hydrogen-bond donors (Lipinski definition) is 2. The van der Waals surface area contributed by atoms with E-state index in [2.05, 4.69) is 48.2 Å². The van der Waals surface area contributed by atoms with E-state index in [0.717, 1.165) is 55.7 Å². The van der Waals surface area contributed by atoms with Crippen LogP contribution in [0.5, 0.6) is 5.75 Å². The minimum absolute atomic E-state index is 0.304. The average molecular weight is 435 g/mol. The van der Waals surface area contributed by atoms with Crippen molar-refractivity contribution < 1.29 is 4.74 Å². The Morgan fingerprint density at radius 2 is 1.91 bits per heavy atom. The molecule has 0 amide bonds. The van der Waals surface area contributed by atoms with Gasteiger partial charge in [-0.15, -0.1) is 0 Å². The summed E-state index contributed by atoms with van der Waals surface area (Å²) < 4.78 is 7.40. The molecule has 0 saturated carbocycles. The largest absolute Gasteiger partial charge is 0.497 e. The van der Waals surface area contributed by atoms with Crippen LogP contribution in [0.25, 0.3) is 5.65 Å². The number of likely N-dealkylation sites (tertiary alicyclic amines) is 1. The van der Waals surface area contributed by atoms with Crippen molar-refractivity contribution in [1.82, 2.24) is 24.9 Å². The standard InChI is InChI=1S/C25H34N6O/c1-26-25(27-14-13-21-19-31-17-7-4-8-24(31)29-21)28-18-23(30-15-5-3-6-16-30)20-9-11-22(32-2)12-10-20/h4,7-12,17,19,23H,3,5-6,13-16,18H2,1-2H3,(H2,26,27,28). The zero-order valence-electron chi connectivity index (χ0n) is 19.1. The fraction of sp³-hybridized carbons (Fsp3) is 0.440. The Hall–Kier alpha value is -3.06. The van der Waals surface area contributed by atoms with Crippen molar-refractivity contribution in [1.29, 1.82) is 0 Å². The number of aliphatic imine (C=N–C) groups is 1. The maximum absolute atomic E-state index is 5.35. The van der Waals surface area contributed by atoms with Gasteiger partial charge < -0.3 is 19.8 Å². The highest BCUT2D eigenvalue weighted by molar-refractivity contribution is 5.79. The van der Waals surface area contributed by atoms with Gasteiger partial charge in [-0.1, -0.05) is 24.6 Å². The third kappa shape index (κ3) is 5.59. The van der Waals surface area contributed by atoms with Crippen LogP contribution in [-0.4, -0.2) is 60.6 Å². The Kier molecular flexibility index (Phi) is 7.61. The normalized spacial score (nSPS) is 16.1. The molecule has 1 saturated heterocycles. The molecule has 2 N–H and O–H groups in total. The summed E-state index contributed by atoms with van der Waals surface area (Å²) in [5, 5.41) is 6.99. The fourth-order valence-electron chi connectivity index (χ4n) is 4.34. The summed E-state index contributed by atoms with van der Waals surface area (Å²) >= 11 is 0. The molecule has 0 radical (unpaired) electrons. The molecule has 4 rings (SSSR count). The van der Waals surface area contributed by atoms with Gasteiger partial charge in [-0.05, 0) is 55.8 Å². The van der Waals surface area contributed by atoms with Gasteiger partial charge in [-0.3, -0.25) is 9.89 Å². The smallest absolute Gasteiger partial charge is 0.191 e. The second kappa shape index (κ2) is 11.0. The highest BCUT2D eigenvalue weighted by Crippen LogP contribution is 2.25. The summed E-state index contributed by atoms with van der Waals surface area (Å²) in [4.78, 5) is 11.7. The van der Waals surface area contributed by atoms with E-state index in [4.69, 9.17) is 4.74 Å². The number of guanidine groups is 1. The number of pyridine rings is 1.